The molecule has 4 rings (SSSR count). The Balaban J connectivity index is 2.00. The number of rotatable bonds is 3. The average molecular weight is 391 g/mol. The Morgan fingerprint density at radius 2 is 1.83 bits per heavy atom. The van der Waals surface area contributed by atoms with Crippen molar-refractivity contribution in [2.75, 3.05) is 0 Å². The van der Waals surface area contributed by atoms with Crippen LogP contribution in [0.4, 0.5) is 0 Å². The minimum atomic E-state index is 0.313. The van der Waals surface area contributed by atoms with Gasteiger partial charge < -0.3 is 0 Å². The lowest BCUT2D eigenvalue weighted by Gasteiger charge is -2.36. The first-order chi connectivity index (χ1) is 13.9. The molecule has 2 heterocycles. The van der Waals surface area contributed by atoms with Crippen molar-refractivity contribution in [2.45, 2.75) is 104 Å². The maximum absolute atomic E-state index is 2.57. The number of fused-ring (bicyclic) bond motifs is 1. The summed E-state index contributed by atoms with van der Waals surface area (Å²) in [6.45, 7) is 13.3. The van der Waals surface area contributed by atoms with E-state index in [2.05, 4.69) is 75.7 Å². The molecule has 2 aliphatic rings. The first-order valence-corrected chi connectivity index (χ1v) is 12.0. The lowest BCUT2D eigenvalue weighted by atomic mass is 9.67. The molecule has 2 aromatic rings. The molecular formula is C28H40N+. The molecule has 0 fully saturated rings. The fraction of sp³-hybridized carbons (Fsp3) is 0.607. The second-order valence-corrected chi connectivity index (χ2v) is 10.6. The maximum Gasteiger partial charge on any atom is 0.215 e. The van der Waals surface area contributed by atoms with Crippen LogP contribution < -0.4 is 4.57 Å². The molecule has 156 valence electrons. The Morgan fingerprint density at radius 3 is 2.59 bits per heavy atom. The number of pyridine rings is 1. The molecule has 1 aliphatic heterocycles. The molecule has 0 spiro atoms. The Bertz CT molecular complexity index is 878. The third-order valence-corrected chi connectivity index (χ3v) is 8.16. The zero-order valence-electron chi connectivity index (χ0n) is 19.4. The minimum Gasteiger partial charge on any atom is -0.198 e. The van der Waals surface area contributed by atoms with Crippen molar-refractivity contribution in [3.63, 3.8) is 0 Å². The van der Waals surface area contributed by atoms with Crippen LogP contribution >= 0.6 is 0 Å². The van der Waals surface area contributed by atoms with E-state index in [1.165, 1.54) is 68.2 Å². The van der Waals surface area contributed by atoms with Crippen molar-refractivity contribution < 1.29 is 4.57 Å². The van der Waals surface area contributed by atoms with Crippen molar-refractivity contribution >= 4 is 0 Å². The van der Waals surface area contributed by atoms with Crippen LogP contribution in [0.15, 0.2) is 36.5 Å². The summed E-state index contributed by atoms with van der Waals surface area (Å²) >= 11 is 0. The van der Waals surface area contributed by atoms with Crippen molar-refractivity contribution in [3.8, 4) is 11.3 Å². The highest BCUT2D eigenvalue weighted by Crippen LogP contribution is 2.47. The highest BCUT2D eigenvalue weighted by atomic mass is 15.0. The second kappa shape index (κ2) is 7.89. The molecule has 0 saturated carbocycles. The predicted octanol–water partition coefficient (Wildman–Crippen LogP) is 7.48. The monoisotopic (exact) mass is 390 g/mol. The second-order valence-electron chi connectivity index (χ2n) is 10.6. The topological polar surface area (TPSA) is 3.88 Å². The van der Waals surface area contributed by atoms with E-state index in [-0.39, 0.29) is 0 Å². The molecule has 0 N–H and O–H groups in total. The molecule has 3 bridgehead atoms. The number of hydrogen-bond donors (Lipinski definition) is 0. The van der Waals surface area contributed by atoms with Gasteiger partial charge in [0.1, 0.15) is 6.54 Å². The van der Waals surface area contributed by atoms with E-state index in [0.29, 0.717) is 16.7 Å². The van der Waals surface area contributed by atoms with E-state index in [1.54, 1.807) is 11.1 Å². The van der Waals surface area contributed by atoms with Gasteiger partial charge in [-0.1, -0.05) is 58.7 Å². The smallest absolute Gasteiger partial charge is 0.198 e. The summed E-state index contributed by atoms with van der Waals surface area (Å²) in [7, 11) is 0. The Labute approximate surface area is 178 Å². The molecular weight excluding hydrogens is 350 g/mol. The van der Waals surface area contributed by atoms with Gasteiger partial charge in [-0.3, -0.25) is 0 Å². The predicted molar refractivity (Wildman–Crippen MR) is 123 cm³/mol. The summed E-state index contributed by atoms with van der Waals surface area (Å²) in [6.07, 6.45) is 12.8. The van der Waals surface area contributed by atoms with Crippen molar-refractivity contribution in [1.82, 2.24) is 0 Å². The molecule has 2 atom stereocenters. The third-order valence-electron chi connectivity index (χ3n) is 8.16. The highest BCUT2D eigenvalue weighted by Gasteiger charge is 2.40. The third kappa shape index (κ3) is 3.66. The molecule has 0 amide bonds. The quantitative estimate of drug-likeness (QED) is 0.478. The summed E-state index contributed by atoms with van der Waals surface area (Å²) in [4.78, 5) is 0. The van der Waals surface area contributed by atoms with E-state index in [9.17, 15) is 0 Å². The number of benzene rings is 1. The van der Waals surface area contributed by atoms with Crippen LogP contribution in [0.25, 0.3) is 11.3 Å². The van der Waals surface area contributed by atoms with Gasteiger partial charge in [0.2, 0.25) is 5.69 Å². The van der Waals surface area contributed by atoms with Gasteiger partial charge in [-0.25, -0.2) is 0 Å². The standard InChI is InChI=1S/C28H40N/c1-6-11-22-20-27(4,5)15-10-16-28(7-2)17-19-29-18-14-23(22)21(3)26(29)24-12-8-9-13-25(24)28/h8-9,12-14,18,22H,6-7,10-11,15-17,19-20H2,1-5H3/q+1. The fourth-order valence-electron chi connectivity index (χ4n) is 6.52. The normalized spacial score (nSPS) is 25.8. The zero-order valence-corrected chi connectivity index (χ0v) is 19.4. The zero-order chi connectivity index (χ0) is 20.6. The number of aromatic nitrogens is 1. The van der Waals surface area contributed by atoms with Gasteiger partial charge in [-0.05, 0) is 67.6 Å². The van der Waals surface area contributed by atoms with Gasteiger partial charge in [-0.15, -0.1) is 0 Å². The van der Waals surface area contributed by atoms with E-state index < -0.39 is 0 Å². The van der Waals surface area contributed by atoms with Crippen molar-refractivity contribution in [3.05, 3.63) is 53.2 Å². The molecule has 1 aliphatic carbocycles. The molecule has 29 heavy (non-hydrogen) atoms. The average Bonchev–Trinajstić information content (AvgIpc) is 2.83. The molecule has 2 unspecified atom stereocenters. The lowest BCUT2D eigenvalue weighted by Crippen LogP contribution is -2.38. The Hall–Kier alpha value is -1.63. The fourth-order valence-corrected chi connectivity index (χ4v) is 6.52. The van der Waals surface area contributed by atoms with E-state index >= 15 is 0 Å². The molecule has 0 radical (unpaired) electrons. The summed E-state index contributed by atoms with van der Waals surface area (Å²) in [5, 5.41) is 0. The van der Waals surface area contributed by atoms with Gasteiger partial charge in [-0.2, -0.15) is 4.57 Å². The van der Waals surface area contributed by atoms with Gasteiger partial charge in [0, 0.05) is 23.5 Å². The summed E-state index contributed by atoms with van der Waals surface area (Å²) in [5.74, 6) is 0.673. The van der Waals surface area contributed by atoms with Crippen LogP contribution in [0.1, 0.15) is 102 Å². The van der Waals surface area contributed by atoms with E-state index in [1.807, 2.05) is 0 Å². The highest BCUT2D eigenvalue weighted by molar-refractivity contribution is 5.67. The number of nitrogens with zero attached hydrogens (tertiary/aromatic N) is 1. The molecule has 1 heteroatoms. The minimum absolute atomic E-state index is 0.313. The van der Waals surface area contributed by atoms with Gasteiger partial charge in [0.25, 0.3) is 0 Å². The molecule has 1 aromatic carbocycles. The van der Waals surface area contributed by atoms with Gasteiger partial charge >= 0.3 is 0 Å². The summed E-state index contributed by atoms with van der Waals surface area (Å²) in [6, 6.07) is 11.8. The van der Waals surface area contributed by atoms with Crippen molar-refractivity contribution in [2.24, 2.45) is 5.41 Å². The van der Waals surface area contributed by atoms with E-state index in [0.717, 1.165) is 6.54 Å². The molecule has 1 aromatic heterocycles. The largest absolute Gasteiger partial charge is 0.215 e. The molecule has 0 saturated heterocycles. The Kier molecular flexibility index (Phi) is 5.62. The summed E-state index contributed by atoms with van der Waals surface area (Å²) in [5.41, 5.74) is 8.46. The van der Waals surface area contributed by atoms with Crippen LogP contribution in [0, 0.1) is 12.3 Å². The molecule has 1 nitrogen and oxygen atoms in total. The first kappa shape index (κ1) is 20.6. The van der Waals surface area contributed by atoms with Gasteiger partial charge in [0.15, 0.2) is 6.20 Å². The first-order valence-electron chi connectivity index (χ1n) is 12.0. The SMILES string of the molecule is CCCC1CC(C)(C)CCCC2(CC)CC[n+]3ccc1c(C)c3-c1ccccc12. The van der Waals surface area contributed by atoms with Crippen LogP contribution in [0.2, 0.25) is 0 Å². The van der Waals surface area contributed by atoms with Crippen molar-refractivity contribution in [1.29, 1.82) is 0 Å². The lowest BCUT2D eigenvalue weighted by molar-refractivity contribution is -0.687. The summed E-state index contributed by atoms with van der Waals surface area (Å²) < 4.78 is 2.57. The Morgan fingerprint density at radius 1 is 1.03 bits per heavy atom. The van der Waals surface area contributed by atoms with Crippen LogP contribution in [0.3, 0.4) is 0 Å². The maximum atomic E-state index is 2.57. The van der Waals surface area contributed by atoms with Crippen LogP contribution in [0.5, 0.6) is 0 Å². The number of aryl methyl sites for hydroxylation is 1. The van der Waals surface area contributed by atoms with E-state index in [4.69, 9.17) is 0 Å². The number of hydrogen-bond acceptors (Lipinski definition) is 0. The van der Waals surface area contributed by atoms with Gasteiger partial charge in [0.05, 0.1) is 5.56 Å². The van der Waals surface area contributed by atoms with Crippen LogP contribution in [-0.2, 0) is 12.0 Å². The van der Waals surface area contributed by atoms with Crippen LogP contribution in [-0.4, -0.2) is 0 Å².